The highest BCUT2D eigenvalue weighted by atomic mass is 19.4. The fraction of sp³-hybridized carbons (Fsp3) is 0.267. The lowest BCUT2D eigenvalue weighted by atomic mass is 9.97. The minimum Gasteiger partial charge on any atom is -0.288 e. The SMILES string of the molecule is O=C1CCN([C@@H](c2cccc3cc([N+](=O)[O-])ccc23)C(F)(F)F)N1. The summed E-state index contributed by atoms with van der Waals surface area (Å²) in [5.41, 5.74) is 1.96. The molecule has 2 aromatic rings. The Kier molecular flexibility index (Phi) is 3.88. The standard InChI is InChI=1S/C15H12F3N3O3/c16-15(17,18)14(20-7-6-13(22)19-20)12-3-1-2-9-8-10(21(23)24)4-5-11(9)12/h1-5,8,14H,6-7H2,(H,19,22)/t14-/m0/s1. The number of fused-ring (bicyclic) bond motifs is 1. The number of nitro groups is 1. The number of hydrazine groups is 1. The maximum absolute atomic E-state index is 13.6. The van der Waals surface area contributed by atoms with Crippen LogP contribution in [0.2, 0.25) is 0 Å². The summed E-state index contributed by atoms with van der Waals surface area (Å²) in [6.45, 7) is -0.0631. The van der Waals surface area contributed by atoms with Gasteiger partial charge in [0.1, 0.15) is 0 Å². The highest BCUT2D eigenvalue weighted by Gasteiger charge is 2.47. The number of hydrogen-bond donors (Lipinski definition) is 1. The molecule has 1 fully saturated rings. The predicted octanol–water partition coefficient (Wildman–Crippen LogP) is 3.09. The Morgan fingerprint density at radius 2 is 2.00 bits per heavy atom. The lowest BCUT2D eigenvalue weighted by molar-refractivity contribution is -0.384. The topological polar surface area (TPSA) is 75.5 Å². The second kappa shape index (κ2) is 5.75. The van der Waals surface area contributed by atoms with E-state index in [1.807, 2.05) is 0 Å². The summed E-state index contributed by atoms with van der Waals surface area (Å²) in [5, 5.41) is 12.3. The number of amides is 1. The molecule has 9 heteroatoms. The molecular formula is C15H12F3N3O3. The first-order valence-electron chi connectivity index (χ1n) is 7.07. The van der Waals surface area contributed by atoms with E-state index in [-0.39, 0.29) is 29.6 Å². The molecule has 3 rings (SSSR count). The number of carbonyl (C=O) groups is 1. The van der Waals surface area contributed by atoms with Gasteiger partial charge in [0.2, 0.25) is 5.91 Å². The number of hydrogen-bond acceptors (Lipinski definition) is 4. The normalized spacial score (nSPS) is 17.0. The van der Waals surface area contributed by atoms with E-state index in [1.54, 1.807) is 0 Å². The van der Waals surface area contributed by atoms with Crippen LogP contribution in [0.3, 0.4) is 0 Å². The van der Waals surface area contributed by atoms with Gasteiger partial charge < -0.3 is 0 Å². The highest BCUT2D eigenvalue weighted by molar-refractivity contribution is 5.88. The molecule has 0 aliphatic carbocycles. The Hall–Kier alpha value is -2.68. The summed E-state index contributed by atoms with van der Waals surface area (Å²) in [5.74, 6) is -0.472. The first kappa shape index (κ1) is 16.2. The summed E-state index contributed by atoms with van der Waals surface area (Å²) in [7, 11) is 0. The van der Waals surface area contributed by atoms with E-state index in [0.29, 0.717) is 5.39 Å². The summed E-state index contributed by atoms with van der Waals surface area (Å²) in [6.07, 6.45) is -4.63. The largest absolute Gasteiger partial charge is 0.409 e. The third-order valence-corrected chi connectivity index (χ3v) is 3.87. The van der Waals surface area contributed by atoms with Crippen LogP contribution in [0.1, 0.15) is 18.0 Å². The van der Waals surface area contributed by atoms with Crippen molar-refractivity contribution >= 4 is 22.4 Å². The molecule has 1 aliphatic heterocycles. The van der Waals surface area contributed by atoms with Crippen LogP contribution >= 0.6 is 0 Å². The fourth-order valence-electron chi connectivity index (χ4n) is 2.86. The monoisotopic (exact) mass is 339 g/mol. The van der Waals surface area contributed by atoms with Gasteiger partial charge in [-0.15, -0.1) is 0 Å². The number of halogens is 3. The Labute approximate surface area is 134 Å². The van der Waals surface area contributed by atoms with E-state index in [0.717, 1.165) is 5.01 Å². The van der Waals surface area contributed by atoms with Crippen molar-refractivity contribution in [3.8, 4) is 0 Å². The summed E-state index contributed by atoms with van der Waals surface area (Å²) in [6, 6.07) is 5.93. The lowest BCUT2D eigenvalue weighted by Crippen LogP contribution is -2.43. The molecular weight excluding hydrogens is 327 g/mol. The Morgan fingerprint density at radius 3 is 2.58 bits per heavy atom. The number of nitrogens with one attached hydrogen (secondary N) is 1. The third kappa shape index (κ3) is 2.90. The second-order valence-corrected chi connectivity index (χ2v) is 5.43. The van der Waals surface area contributed by atoms with E-state index in [1.165, 1.54) is 36.4 Å². The van der Waals surface area contributed by atoms with Crippen LogP contribution in [0.4, 0.5) is 18.9 Å². The van der Waals surface area contributed by atoms with Crippen molar-refractivity contribution in [1.82, 2.24) is 10.4 Å². The Morgan fingerprint density at radius 1 is 1.25 bits per heavy atom. The predicted molar refractivity (Wildman–Crippen MR) is 78.9 cm³/mol. The summed E-state index contributed by atoms with van der Waals surface area (Å²) in [4.78, 5) is 21.5. The van der Waals surface area contributed by atoms with Crippen molar-refractivity contribution < 1.29 is 22.9 Å². The average Bonchev–Trinajstić information content (AvgIpc) is 2.91. The zero-order chi connectivity index (χ0) is 17.5. The number of carbonyl (C=O) groups excluding carboxylic acids is 1. The van der Waals surface area contributed by atoms with Gasteiger partial charge in [-0.05, 0) is 22.4 Å². The van der Waals surface area contributed by atoms with Crippen molar-refractivity contribution in [3.05, 3.63) is 52.1 Å². The molecule has 0 aromatic heterocycles. The van der Waals surface area contributed by atoms with E-state index in [9.17, 15) is 28.1 Å². The molecule has 0 saturated carbocycles. The molecule has 24 heavy (non-hydrogen) atoms. The maximum Gasteiger partial charge on any atom is 0.409 e. The maximum atomic E-state index is 13.6. The molecule has 2 aromatic carbocycles. The van der Waals surface area contributed by atoms with Gasteiger partial charge >= 0.3 is 6.18 Å². The number of nitrogens with zero attached hydrogens (tertiary/aromatic N) is 2. The average molecular weight is 339 g/mol. The van der Waals surface area contributed by atoms with E-state index >= 15 is 0 Å². The molecule has 126 valence electrons. The number of rotatable bonds is 3. The van der Waals surface area contributed by atoms with Gasteiger partial charge in [0.25, 0.3) is 5.69 Å². The smallest absolute Gasteiger partial charge is 0.288 e. The molecule has 1 aliphatic rings. The van der Waals surface area contributed by atoms with Crippen LogP contribution in [-0.4, -0.2) is 28.6 Å². The van der Waals surface area contributed by atoms with Crippen molar-refractivity contribution in [2.45, 2.75) is 18.6 Å². The quantitative estimate of drug-likeness (QED) is 0.689. The van der Waals surface area contributed by atoms with Crippen molar-refractivity contribution in [1.29, 1.82) is 0 Å². The molecule has 1 N–H and O–H groups in total. The summed E-state index contributed by atoms with van der Waals surface area (Å²) >= 11 is 0. The molecule has 1 atom stereocenters. The molecule has 1 heterocycles. The number of nitro benzene ring substituents is 1. The van der Waals surface area contributed by atoms with Crippen LogP contribution in [-0.2, 0) is 4.79 Å². The van der Waals surface area contributed by atoms with E-state index < -0.39 is 23.0 Å². The molecule has 1 amide bonds. The van der Waals surface area contributed by atoms with E-state index in [2.05, 4.69) is 5.43 Å². The van der Waals surface area contributed by atoms with Gasteiger partial charge in [0.15, 0.2) is 6.04 Å². The van der Waals surface area contributed by atoms with Gasteiger partial charge in [-0.25, -0.2) is 5.01 Å². The number of benzene rings is 2. The minimum absolute atomic E-state index is 0.0111. The van der Waals surface area contributed by atoms with Crippen LogP contribution in [0.15, 0.2) is 36.4 Å². The van der Waals surface area contributed by atoms with Crippen LogP contribution in [0.5, 0.6) is 0 Å². The second-order valence-electron chi connectivity index (χ2n) is 5.43. The van der Waals surface area contributed by atoms with Gasteiger partial charge in [0, 0.05) is 25.1 Å². The molecule has 0 bridgehead atoms. The highest BCUT2D eigenvalue weighted by Crippen LogP contribution is 2.41. The van der Waals surface area contributed by atoms with Gasteiger partial charge in [-0.2, -0.15) is 13.2 Å². The van der Waals surface area contributed by atoms with Gasteiger partial charge in [-0.3, -0.25) is 20.3 Å². The van der Waals surface area contributed by atoms with Crippen LogP contribution in [0.25, 0.3) is 10.8 Å². The minimum atomic E-state index is -4.62. The van der Waals surface area contributed by atoms with Crippen molar-refractivity contribution in [2.75, 3.05) is 6.54 Å². The van der Waals surface area contributed by atoms with Gasteiger partial charge in [0.05, 0.1) is 4.92 Å². The first-order chi connectivity index (χ1) is 11.3. The summed E-state index contributed by atoms with van der Waals surface area (Å²) < 4.78 is 40.9. The third-order valence-electron chi connectivity index (χ3n) is 3.87. The van der Waals surface area contributed by atoms with Crippen molar-refractivity contribution in [2.24, 2.45) is 0 Å². The number of alkyl halides is 3. The Bertz CT molecular complexity index is 822. The zero-order valence-corrected chi connectivity index (χ0v) is 12.2. The van der Waals surface area contributed by atoms with Crippen molar-refractivity contribution in [3.63, 3.8) is 0 Å². The fourth-order valence-corrected chi connectivity index (χ4v) is 2.86. The molecule has 6 nitrogen and oxygen atoms in total. The first-order valence-corrected chi connectivity index (χ1v) is 7.07. The molecule has 0 spiro atoms. The zero-order valence-electron chi connectivity index (χ0n) is 12.2. The van der Waals surface area contributed by atoms with Crippen LogP contribution in [0, 0.1) is 10.1 Å². The number of non-ortho nitro benzene ring substituents is 1. The molecule has 1 saturated heterocycles. The lowest BCUT2D eigenvalue weighted by Gasteiger charge is -2.30. The molecule has 0 radical (unpaired) electrons. The Balaban J connectivity index is 2.14. The molecule has 0 unspecified atom stereocenters. The van der Waals surface area contributed by atoms with Crippen LogP contribution < -0.4 is 5.43 Å². The van der Waals surface area contributed by atoms with Gasteiger partial charge in [-0.1, -0.05) is 18.2 Å². The van der Waals surface area contributed by atoms with E-state index in [4.69, 9.17) is 0 Å².